The fraction of sp³-hybridized carbons (Fsp3) is 1.00. The zero-order valence-electron chi connectivity index (χ0n) is 7.72. The number of nitrogens with one attached hydrogen (secondary N) is 1. The summed E-state index contributed by atoms with van der Waals surface area (Å²) in [6, 6.07) is 0.788. The molecule has 0 radical (unpaired) electrons. The average Bonchev–Trinajstić information content (AvgIpc) is 1.84. The van der Waals surface area contributed by atoms with Gasteiger partial charge in [-0.15, -0.1) is 0 Å². The maximum Gasteiger partial charge on any atom is 0.0315 e. The van der Waals surface area contributed by atoms with Crippen molar-refractivity contribution < 1.29 is 0 Å². The van der Waals surface area contributed by atoms with Crippen molar-refractivity contribution in [2.75, 3.05) is 20.1 Å². The summed E-state index contributed by atoms with van der Waals surface area (Å²) in [6.07, 6.45) is 1.35. The summed E-state index contributed by atoms with van der Waals surface area (Å²) < 4.78 is 0. The molecule has 0 aromatic rings. The topological polar surface area (TPSA) is 15.3 Å². The highest BCUT2D eigenvalue weighted by atomic mass is 15.3. The van der Waals surface area contributed by atoms with E-state index in [9.17, 15) is 0 Å². The van der Waals surface area contributed by atoms with Gasteiger partial charge in [0.2, 0.25) is 0 Å². The van der Waals surface area contributed by atoms with Crippen LogP contribution in [0.4, 0.5) is 0 Å². The summed E-state index contributed by atoms with van der Waals surface area (Å²) in [5.41, 5.74) is 0.437. The van der Waals surface area contributed by atoms with Crippen LogP contribution in [0, 0.1) is 5.92 Å². The Morgan fingerprint density at radius 2 is 2.27 bits per heavy atom. The molecule has 1 aliphatic heterocycles. The smallest absolute Gasteiger partial charge is 0.0315 e. The van der Waals surface area contributed by atoms with E-state index < -0.39 is 0 Å². The lowest BCUT2D eigenvalue weighted by Gasteiger charge is -2.59. The highest BCUT2D eigenvalue weighted by Gasteiger charge is 2.51. The Balaban J connectivity index is 2.12. The van der Waals surface area contributed by atoms with E-state index >= 15 is 0 Å². The van der Waals surface area contributed by atoms with Gasteiger partial charge in [0.05, 0.1) is 0 Å². The van der Waals surface area contributed by atoms with Crippen LogP contribution in [-0.4, -0.2) is 36.6 Å². The Hall–Kier alpha value is -0.0800. The summed E-state index contributed by atoms with van der Waals surface area (Å²) in [5.74, 6) is 0.887. The van der Waals surface area contributed by atoms with Gasteiger partial charge < -0.3 is 10.2 Å². The molecule has 1 aliphatic carbocycles. The van der Waals surface area contributed by atoms with Gasteiger partial charge in [0.15, 0.2) is 0 Å². The maximum absolute atomic E-state index is 3.61. The predicted octanol–water partition coefficient (Wildman–Crippen LogP) is 0.688. The predicted molar refractivity (Wildman–Crippen MR) is 46.6 cm³/mol. The standard InChI is InChI=1S/C9H18N2/c1-7-6-9(2)8(7)11(3)5-4-10-9/h7-8,10H,4-6H2,1-3H3. The molecule has 2 nitrogen and oxygen atoms in total. The fourth-order valence-corrected chi connectivity index (χ4v) is 3.12. The molecular formula is C9H18N2. The number of rotatable bonds is 0. The first-order valence-electron chi connectivity index (χ1n) is 4.59. The van der Waals surface area contributed by atoms with Crippen molar-refractivity contribution in [3.63, 3.8) is 0 Å². The van der Waals surface area contributed by atoms with Crippen molar-refractivity contribution in [2.45, 2.75) is 31.8 Å². The number of hydrogen-bond donors (Lipinski definition) is 1. The van der Waals surface area contributed by atoms with Gasteiger partial charge in [0.25, 0.3) is 0 Å². The van der Waals surface area contributed by atoms with Crippen LogP contribution in [0.1, 0.15) is 20.3 Å². The third-order valence-electron chi connectivity index (χ3n) is 3.41. The zero-order chi connectivity index (χ0) is 8.06. The molecule has 2 rings (SSSR count). The molecule has 0 aromatic heterocycles. The molecule has 1 heterocycles. The minimum Gasteiger partial charge on any atom is -0.309 e. The molecule has 64 valence electrons. The van der Waals surface area contributed by atoms with Crippen LogP contribution in [0.25, 0.3) is 0 Å². The molecule has 2 heteroatoms. The Kier molecular flexibility index (Phi) is 1.52. The quantitative estimate of drug-likeness (QED) is 0.552. The summed E-state index contributed by atoms with van der Waals surface area (Å²) in [6.45, 7) is 7.09. The van der Waals surface area contributed by atoms with E-state index in [0.717, 1.165) is 18.5 Å². The van der Waals surface area contributed by atoms with E-state index in [1.807, 2.05) is 0 Å². The summed E-state index contributed by atoms with van der Waals surface area (Å²) >= 11 is 0. The second-order valence-corrected chi connectivity index (χ2v) is 4.45. The third kappa shape index (κ3) is 0.926. The van der Waals surface area contributed by atoms with Crippen LogP contribution in [0.3, 0.4) is 0 Å². The van der Waals surface area contributed by atoms with E-state index in [2.05, 4.69) is 31.1 Å². The molecule has 0 bridgehead atoms. The molecule has 3 unspecified atom stereocenters. The van der Waals surface area contributed by atoms with E-state index in [0.29, 0.717) is 5.54 Å². The number of hydrogen-bond acceptors (Lipinski definition) is 2. The zero-order valence-corrected chi connectivity index (χ0v) is 7.72. The second-order valence-electron chi connectivity index (χ2n) is 4.45. The summed E-state index contributed by atoms with van der Waals surface area (Å²) in [7, 11) is 2.25. The van der Waals surface area contributed by atoms with Crippen LogP contribution in [-0.2, 0) is 0 Å². The summed E-state index contributed by atoms with van der Waals surface area (Å²) in [5, 5.41) is 3.61. The first kappa shape index (κ1) is 7.56. The Morgan fingerprint density at radius 1 is 1.55 bits per heavy atom. The van der Waals surface area contributed by atoms with Gasteiger partial charge in [-0.2, -0.15) is 0 Å². The van der Waals surface area contributed by atoms with Crippen LogP contribution >= 0.6 is 0 Å². The molecule has 1 saturated carbocycles. The summed E-state index contributed by atoms with van der Waals surface area (Å²) in [4.78, 5) is 2.50. The Labute approximate surface area is 69.0 Å². The molecule has 2 aliphatic rings. The minimum absolute atomic E-state index is 0.437. The number of fused-ring (bicyclic) bond motifs is 1. The Morgan fingerprint density at radius 3 is 2.73 bits per heavy atom. The van der Waals surface area contributed by atoms with Gasteiger partial charge in [-0.05, 0) is 26.3 Å². The number of likely N-dealkylation sites (N-methyl/N-ethyl adjacent to an activating group) is 1. The van der Waals surface area contributed by atoms with Crippen molar-refractivity contribution >= 4 is 0 Å². The van der Waals surface area contributed by atoms with Gasteiger partial charge in [0.1, 0.15) is 0 Å². The molecule has 0 amide bonds. The lowest BCUT2D eigenvalue weighted by Crippen LogP contribution is -2.73. The van der Waals surface area contributed by atoms with Gasteiger partial charge in [-0.25, -0.2) is 0 Å². The molecular weight excluding hydrogens is 136 g/mol. The minimum atomic E-state index is 0.437. The second kappa shape index (κ2) is 2.20. The molecule has 11 heavy (non-hydrogen) atoms. The highest BCUT2D eigenvalue weighted by molar-refractivity contribution is 5.10. The molecule has 1 N–H and O–H groups in total. The van der Waals surface area contributed by atoms with Gasteiger partial charge in [0, 0.05) is 24.7 Å². The Bertz CT molecular complexity index is 165. The maximum atomic E-state index is 3.61. The van der Waals surface area contributed by atoms with E-state index in [1.165, 1.54) is 13.0 Å². The van der Waals surface area contributed by atoms with E-state index in [1.54, 1.807) is 0 Å². The van der Waals surface area contributed by atoms with Gasteiger partial charge in [-0.3, -0.25) is 0 Å². The van der Waals surface area contributed by atoms with Crippen LogP contribution < -0.4 is 5.32 Å². The molecule has 2 fully saturated rings. The van der Waals surface area contributed by atoms with Crippen LogP contribution in [0.15, 0.2) is 0 Å². The van der Waals surface area contributed by atoms with Gasteiger partial charge in [-0.1, -0.05) is 6.92 Å². The third-order valence-corrected chi connectivity index (χ3v) is 3.41. The van der Waals surface area contributed by atoms with Gasteiger partial charge >= 0.3 is 0 Å². The van der Waals surface area contributed by atoms with Crippen LogP contribution in [0.2, 0.25) is 0 Å². The monoisotopic (exact) mass is 154 g/mol. The van der Waals surface area contributed by atoms with Crippen molar-refractivity contribution in [1.29, 1.82) is 0 Å². The van der Waals surface area contributed by atoms with E-state index in [4.69, 9.17) is 0 Å². The SMILES string of the molecule is CC1CC2(C)NCCN(C)C12. The first-order chi connectivity index (χ1) is 5.13. The van der Waals surface area contributed by atoms with Crippen molar-refractivity contribution in [3.05, 3.63) is 0 Å². The molecule has 1 saturated heterocycles. The first-order valence-corrected chi connectivity index (χ1v) is 4.59. The number of piperazine rings is 1. The van der Waals surface area contributed by atoms with Crippen LogP contribution in [0.5, 0.6) is 0 Å². The highest BCUT2D eigenvalue weighted by Crippen LogP contribution is 2.41. The number of nitrogens with zero attached hydrogens (tertiary/aromatic N) is 1. The molecule has 0 spiro atoms. The largest absolute Gasteiger partial charge is 0.309 e. The van der Waals surface area contributed by atoms with E-state index in [-0.39, 0.29) is 0 Å². The fourth-order valence-electron chi connectivity index (χ4n) is 3.12. The van der Waals surface area contributed by atoms with Crippen molar-refractivity contribution in [2.24, 2.45) is 5.92 Å². The molecule has 0 aromatic carbocycles. The lowest BCUT2D eigenvalue weighted by molar-refractivity contribution is -0.0414. The normalized spacial score (nSPS) is 51.5. The molecule has 3 atom stereocenters. The average molecular weight is 154 g/mol. The van der Waals surface area contributed by atoms with Crippen molar-refractivity contribution in [1.82, 2.24) is 10.2 Å². The van der Waals surface area contributed by atoms with Crippen molar-refractivity contribution in [3.8, 4) is 0 Å². The lowest BCUT2D eigenvalue weighted by atomic mass is 9.64.